The number of piperazine rings is 1. The minimum Gasteiger partial charge on any atom is -0.383 e. The number of hydrogen-bond donors (Lipinski definition) is 1. The molecule has 1 rings (SSSR count). The van der Waals surface area contributed by atoms with Crippen molar-refractivity contribution in [3.05, 3.63) is 0 Å². The number of hydrogen-bond acceptors (Lipinski definition) is 3. The standard InChI is InChI=1S/C15H28N2O3/c1-7-10(2)11-13(18)16-12(15(3,4)5)14(19)17(11)8-9-20-6/h10-12H,7-9H2,1-6H3,(H,16,18). The van der Waals surface area contributed by atoms with Crippen LogP contribution >= 0.6 is 0 Å². The fourth-order valence-electron chi connectivity index (χ4n) is 2.55. The highest BCUT2D eigenvalue weighted by Crippen LogP contribution is 2.28. The van der Waals surface area contributed by atoms with Crippen molar-refractivity contribution >= 4 is 11.8 Å². The van der Waals surface area contributed by atoms with E-state index in [2.05, 4.69) is 5.32 Å². The summed E-state index contributed by atoms with van der Waals surface area (Å²) in [5, 5.41) is 2.91. The highest BCUT2D eigenvalue weighted by molar-refractivity contribution is 5.97. The van der Waals surface area contributed by atoms with Crippen molar-refractivity contribution in [2.75, 3.05) is 20.3 Å². The lowest BCUT2D eigenvalue weighted by molar-refractivity contribution is -0.155. The molecule has 0 saturated carbocycles. The summed E-state index contributed by atoms with van der Waals surface area (Å²) in [6, 6.07) is -0.853. The first kappa shape index (κ1) is 17.0. The zero-order chi connectivity index (χ0) is 15.5. The van der Waals surface area contributed by atoms with Gasteiger partial charge in [-0.1, -0.05) is 41.0 Å². The number of carbonyl (C=O) groups is 2. The molecule has 1 fully saturated rings. The molecule has 3 atom stereocenters. The van der Waals surface area contributed by atoms with Crippen molar-refractivity contribution in [1.82, 2.24) is 10.2 Å². The second-order valence-electron chi connectivity index (χ2n) is 6.66. The maximum atomic E-state index is 12.7. The SMILES string of the molecule is CCC(C)C1C(=O)NC(C(C)(C)C)C(=O)N1CCOC. The van der Waals surface area contributed by atoms with Gasteiger partial charge < -0.3 is 15.0 Å². The molecule has 116 valence electrons. The van der Waals surface area contributed by atoms with Gasteiger partial charge >= 0.3 is 0 Å². The highest BCUT2D eigenvalue weighted by atomic mass is 16.5. The molecule has 1 heterocycles. The normalized spacial score (nSPS) is 25.6. The van der Waals surface area contributed by atoms with Gasteiger partial charge in [-0.3, -0.25) is 9.59 Å². The van der Waals surface area contributed by atoms with Crippen molar-refractivity contribution < 1.29 is 14.3 Å². The molecule has 1 aliphatic heterocycles. The predicted octanol–water partition coefficient (Wildman–Crippen LogP) is 1.42. The van der Waals surface area contributed by atoms with Gasteiger partial charge in [-0.2, -0.15) is 0 Å². The summed E-state index contributed by atoms with van der Waals surface area (Å²) >= 11 is 0. The minimum absolute atomic E-state index is 0.000509. The minimum atomic E-state index is -0.466. The average Bonchev–Trinajstić information content (AvgIpc) is 2.36. The van der Waals surface area contributed by atoms with Crippen molar-refractivity contribution in [2.24, 2.45) is 11.3 Å². The van der Waals surface area contributed by atoms with Gasteiger partial charge in [0.1, 0.15) is 12.1 Å². The maximum absolute atomic E-state index is 12.7. The number of carbonyl (C=O) groups excluding carboxylic acids is 2. The van der Waals surface area contributed by atoms with Gasteiger partial charge in [0, 0.05) is 13.7 Å². The average molecular weight is 284 g/mol. The number of nitrogens with one attached hydrogen (secondary N) is 1. The van der Waals surface area contributed by atoms with Gasteiger partial charge in [0.15, 0.2) is 0 Å². The molecule has 0 aromatic carbocycles. The summed E-state index contributed by atoms with van der Waals surface area (Å²) in [7, 11) is 1.61. The fourth-order valence-corrected chi connectivity index (χ4v) is 2.55. The van der Waals surface area contributed by atoms with Crippen LogP contribution in [-0.2, 0) is 14.3 Å². The first-order valence-corrected chi connectivity index (χ1v) is 7.33. The molecule has 1 aliphatic rings. The Morgan fingerprint density at radius 1 is 1.35 bits per heavy atom. The molecular formula is C15H28N2O3. The molecule has 3 unspecified atom stereocenters. The lowest BCUT2D eigenvalue weighted by Gasteiger charge is -2.45. The van der Waals surface area contributed by atoms with Crippen LogP contribution in [0.25, 0.3) is 0 Å². The number of methoxy groups -OCH3 is 1. The van der Waals surface area contributed by atoms with E-state index >= 15 is 0 Å². The Labute approximate surface area is 122 Å². The second-order valence-corrected chi connectivity index (χ2v) is 6.66. The van der Waals surface area contributed by atoms with Gasteiger partial charge in [0.25, 0.3) is 0 Å². The second kappa shape index (κ2) is 6.57. The van der Waals surface area contributed by atoms with Crippen LogP contribution in [0.3, 0.4) is 0 Å². The summed E-state index contributed by atoms with van der Waals surface area (Å²) in [6.07, 6.45) is 0.856. The number of ether oxygens (including phenoxy) is 1. The van der Waals surface area contributed by atoms with E-state index < -0.39 is 6.04 Å². The van der Waals surface area contributed by atoms with Crippen LogP contribution in [0.15, 0.2) is 0 Å². The fraction of sp³-hybridized carbons (Fsp3) is 0.867. The van der Waals surface area contributed by atoms with Gasteiger partial charge in [-0.25, -0.2) is 0 Å². The van der Waals surface area contributed by atoms with E-state index in [0.29, 0.717) is 13.2 Å². The van der Waals surface area contributed by atoms with Crippen LogP contribution in [0.2, 0.25) is 0 Å². The Balaban J connectivity index is 3.04. The molecule has 5 nitrogen and oxygen atoms in total. The highest BCUT2D eigenvalue weighted by Gasteiger charge is 2.46. The van der Waals surface area contributed by atoms with Crippen LogP contribution in [0.1, 0.15) is 41.0 Å². The van der Waals surface area contributed by atoms with Crippen molar-refractivity contribution in [3.63, 3.8) is 0 Å². The summed E-state index contributed by atoms with van der Waals surface area (Å²) in [6.45, 7) is 10.9. The van der Waals surface area contributed by atoms with Crippen LogP contribution in [-0.4, -0.2) is 49.1 Å². The van der Waals surface area contributed by atoms with Gasteiger partial charge in [0.2, 0.25) is 11.8 Å². The molecule has 0 aromatic rings. The van der Waals surface area contributed by atoms with Crippen LogP contribution in [0.5, 0.6) is 0 Å². The summed E-state index contributed by atoms with van der Waals surface area (Å²) in [4.78, 5) is 26.8. The Bertz CT molecular complexity index is 363. The van der Waals surface area contributed by atoms with E-state index in [0.717, 1.165) is 6.42 Å². The topological polar surface area (TPSA) is 58.6 Å². The van der Waals surface area contributed by atoms with E-state index in [1.807, 2.05) is 34.6 Å². The van der Waals surface area contributed by atoms with E-state index in [1.165, 1.54) is 0 Å². The third-order valence-electron chi connectivity index (χ3n) is 4.01. The molecule has 5 heteroatoms. The molecule has 0 spiro atoms. The Morgan fingerprint density at radius 3 is 2.40 bits per heavy atom. The molecule has 0 aliphatic carbocycles. The van der Waals surface area contributed by atoms with Crippen LogP contribution < -0.4 is 5.32 Å². The first-order chi connectivity index (χ1) is 9.23. The van der Waals surface area contributed by atoms with Crippen LogP contribution in [0.4, 0.5) is 0 Å². The van der Waals surface area contributed by atoms with E-state index in [1.54, 1.807) is 12.0 Å². The molecule has 2 amide bonds. The molecule has 0 bridgehead atoms. The largest absolute Gasteiger partial charge is 0.383 e. The van der Waals surface area contributed by atoms with Crippen molar-refractivity contribution in [2.45, 2.75) is 53.1 Å². The Kier molecular flexibility index (Phi) is 5.57. The summed E-state index contributed by atoms with van der Waals surface area (Å²) in [5.74, 6) is 0.0890. The van der Waals surface area contributed by atoms with E-state index in [-0.39, 0.29) is 29.2 Å². The monoisotopic (exact) mass is 284 g/mol. The number of rotatable bonds is 5. The van der Waals surface area contributed by atoms with Gasteiger partial charge in [-0.05, 0) is 11.3 Å². The van der Waals surface area contributed by atoms with E-state index in [9.17, 15) is 9.59 Å². The molecular weight excluding hydrogens is 256 g/mol. The lowest BCUT2D eigenvalue weighted by atomic mass is 9.82. The third kappa shape index (κ3) is 3.51. The first-order valence-electron chi connectivity index (χ1n) is 7.33. The lowest BCUT2D eigenvalue weighted by Crippen LogP contribution is -2.68. The number of nitrogens with zero attached hydrogens (tertiary/aromatic N) is 1. The number of amides is 2. The summed E-state index contributed by atoms with van der Waals surface area (Å²) < 4.78 is 5.09. The molecule has 0 aromatic heterocycles. The van der Waals surface area contributed by atoms with Gasteiger partial charge in [0.05, 0.1) is 6.61 Å². The zero-order valence-electron chi connectivity index (χ0n) is 13.5. The smallest absolute Gasteiger partial charge is 0.246 e. The molecule has 1 saturated heterocycles. The molecule has 1 N–H and O–H groups in total. The van der Waals surface area contributed by atoms with Crippen molar-refractivity contribution in [1.29, 1.82) is 0 Å². The quantitative estimate of drug-likeness (QED) is 0.830. The van der Waals surface area contributed by atoms with Gasteiger partial charge in [-0.15, -0.1) is 0 Å². The molecule has 20 heavy (non-hydrogen) atoms. The van der Waals surface area contributed by atoms with Crippen molar-refractivity contribution in [3.8, 4) is 0 Å². The molecule has 0 radical (unpaired) electrons. The Hall–Kier alpha value is -1.10. The summed E-state index contributed by atoms with van der Waals surface area (Å²) in [5.41, 5.74) is -0.293. The zero-order valence-corrected chi connectivity index (χ0v) is 13.5. The van der Waals surface area contributed by atoms with Crippen LogP contribution in [0, 0.1) is 11.3 Å². The van der Waals surface area contributed by atoms with E-state index in [4.69, 9.17) is 4.74 Å². The third-order valence-corrected chi connectivity index (χ3v) is 4.01. The predicted molar refractivity (Wildman–Crippen MR) is 78.2 cm³/mol. The maximum Gasteiger partial charge on any atom is 0.246 e. The Morgan fingerprint density at radius 2 is 1.95 bits per heavy atom.